The molecule has 0 aromatic heterocycles. The van der Waals surface area contributed by atoms with Gasteiger partial charge in [-0.3, -0.25) is 0 Å². The van der Waals surface area contributed by atoms with Crippen LogP contribution in [0.2, 0.25) is 0 Å². The van der Waals surface area contributed by atoms with Gasteiger partial charge >= 0.3 is 0 Å². The van der Waals surface area contributed by atoms with Crippen molar-refractivity contribution in [3.05, 3.63) is 24.3 Å². The molecule has 3 heteroatoms. The Morgan fingerprint density at radius 2 is 2.33 bits per heavy atom. The van der Waals surface area contributed by atoms with Crippen LogP contribution in [-0.4, -0.2) is 32.6 Å². The molecular formula is C12H21NO2. The molecule has 0 bridgehead atoms. The molecule has 1 rings (SSSR count). The normalized spacial score (nSPS) is 28.1. The fraction of sp³-hybridized carbons (Fsp3) is 0.667. The predicted molar refractivity (Wildman–Crippen MR) is 61.7 cm³/mol. The molecule has 0 spiro atoms. The number of allylic oxidation sites excluding steroid dienone is 2. The Kier molecular flexibility index (Phi) is 5.02. The van der Waals surface area contributed by atoms with Crippen LogP contribution in [0.4, 0.5) is 0 Å². The maximum Gasteiger partial charge on any atom is 0.176 e. The Hall–Kier alpha value is -0.640. The van der Waals surface area contributed by atoms with Crippen LogP contribution in [0, 0.1) is 5.92 Å². The van der Waals surface area contributed by atoms with E-state index in [0.717, 1.165) is 6.54 Å². The lowest BCUT2D eigenvalue weighted by Crippen LogP contribution is -2.51. The van der Waals surface area contributed by atoms with Crippen molar-refractivity contribution >= 4 is 0 Å². The molecule has 0 saturated carbocycles. The molecule has 3 nitrogen and oxygen atoms in total. The summed E-state index contributed by atoms with van der Waals surface area (Å²) < 4.78 is 10.9. The van der Waals surface area contributed by atoms with Crippen LogP contribution in [0.1, 0.15) is 13.8 Å². The van der Waals surface area contributed by atoms with Gasteiger partial charge in [0.25, 0.3) is 0 Å². The number of morpholine rings is 1. The number of rotatable bonds is 4. The summed E-state index contributed by atoms with van der Waals surface area (Å²) in [6.45, 7) is 9.64. The standard InChI is InChI=1S/C12H21NO2/c1-5-6-10(9(2)3)11-12(14-4)15-8-7-13-11/h5-6,9,11-13H,1,7-8H2,2-4H3. The predicted octanol–water partition coefficient (Wildman–Crippen LogP) is 1.72. The smallest absolute Gasteiger partial charge is 0.176 e. The summed E-state index contributed by atoms with van der Waals surface area (Å²) in [6, 6.07) is 0.141. The molecule has 0 aromatic rings. The van der Waals surface area contributed by atoms with Gasteiger partial charge in [-0.15, -0.1) is 0 Å². The summed E-state index contributed by atoms with van der Waals surface area (Å²) >= 11 is 0. The van der Waals surface area contributed by atoms with Crippen molar-refractivity contribution in [1.82, 2.24) is 5.32 Å². The van der Waals surface area contributed by atoms with E-state index >= 15 is 0 Å². The van der Waals surface area contributed by atoms with E-state index in [4.69, 9.17) is 9.47 Å². The molecule has 15 heavy (non-hydrogen) atoms. The zero-order valence-corrected chi connectivity index (χ0v) is 9.82. The van der Waals surface area contributed by atoms with Crippen molar-refractivity contribution in [2.24, 2.45) is 5.92 Å². The number of ether oxygens (including phenoxy) is 2. The molecule has 0 radical (unpaired) electrons. The van der Waals surface area contributed by atoms with Gasteiger partial charge in [-0.25, -0.2) is 0 Å². The first-order chi connectivity index (χ1) is 7.20. The summed E-state index contributed by atoms with van der Waals surface area (Å²) in [4.78, 5) is 0. The second-order valence-corrected chi connectivity index (χ2v) is 3.96. The van der Waals surface area contributed by atoms with Gasteiger partial charge in [0.1, 0.15) is 0 Å². The number of hydrogen-bond acceptors (Lipinski definition) is 3. The van der Waals surface area contributed by atoms with Crippen molar-refractivity contribution in [2.75, 3.05) is 20.3 Å². The van der Waals surface area contributed by atoms with E-state index in [1.807, 2.05) is 12.2 Å². The molecule has 0 aromatic carbocycles. The molecule has 86 valence electrons. The highest BCUT2D eigenvalue weighted by Gasteiger charge is 2.29. The number of hydrogen-bond donors (Lipinski definition) is 1. The molecule has 1 aliphatic rings. The van der Waals surface area contributed by atoms with E-state index in [0.29, 0.717) is 12.5 Å². The van der Waals surface area contributed by atoms with Gasteiger partial charge in [0.2, 0.25) is 0 Å². The lowest BCUT2D eigenvalue weighted by molar-refractivity contribution is -0.153. The highest BCUT2D eigenvalue weighted by molar-refractivity contribution is 5.20. The van der Waals surface area contributed by atoms with Crippen LogP contribution in [-0.2, 0) is 9.47 Å². The molecule has 1 fully saturated rings. The van der Waals surface area contributed by atoms with Crippen LogP contribution in [0.5, 0.6) is 0 Å². The Labute approximate surface area is 92.1 Å². The van der Waals surface area contributed by atoms with E-state index in [-0.39, 0.29) is 12.3 Å². The van der Waals surface area contributed by atoms with Gasteiger partial charge in [-0.1, -0.05) is 32.6 Å². The third-order valence-corrected chi connectivity index (χ3v) is 2.59. The summed E-state index contributed by atoms with van der Waals surface area (Å²) in [5.41, 5.74) is 1.27. The average molecular weight is 211 g/mol. The topological polar surface area (TPSA) is 30.5 Å². The maximum atomic E-state index is 5.56. The van der Waals surface area contributed by atoms with E-state index in [9.17, 15) is 0 Å². The third kappa shape index (κ3) is 3.16. The minimum absolute atomic E-state index is 0.141. The SMILES string of the molecule is C=CC=C(C(C)C)C1NCCOC1OC. The van der Waals surface area contributed by atoms with Crippen LogP contribution in [0.25, 0.3) is 0 Å². The monoisotopic (exact) mass is 211 g/mol. The second-order valence-electron chi connectivity index (χ2n) is 3.96. The van der Waals surface area contributed by atoms with E-state index < -0.39 is 0 Å². The third-order valence-electron chi connectivity index (χ3n) is 2.59. The summed E-state index contributed by atoms with van der Waals surface area (Å²) in [5, 5.41) is 3.42. The van der Waals surface area contributed by atoms with E-state index in [1.54, 1.807) is 7.11 Å². The molecule has 0 amide bonds. The van der Waals surface area contributed by atoms with Crippen LogP contribution in [0.15, 0.2) is 24.3 Å². The van der Waals surface area contributed by atoms with Crippen LogP contribution in [0.3, 0.4) is 0 Å². The van der Waals surface area contributed by atoms with Gasteiger partial charge < -0.3 is 14.8 Å². The van der Waals surface area contributed by atoms with Crippen LogP contribution < -0.4 is 5.32 Å². The largest absolute Gasteiger partial charge is 0.354 e. The number of nitrogens with one attached hydrogen (secondary N) is 1. The first-order valence-corrected chi connectivity index (χ1v) is 5.41. The molecule has 1 saturated heterocycles. The Bertz CT molecular complexity index is 236. The lowest BCUT2D eigenvalue weighted by atomic mass is 9.94. The Morgan fingerprint density at radius 1 is 1.60 bits per heavy atom. The second kappa shape index (κ2) is 6.05. The van der Waals surface area contributed by atoms with Gasteiger partial charge in [0, 0.05) is 13.7 Å². The van der Waals surface area contributed by atoms with E-state index in [1.165, 1.54) is 5.57 Å². The molecule has 2 atom stereocenters. The fourth-order valence-corrected chi connectivity index (χ4v) is 1.85. The minimum Gasteiger partial charge on any atom is -0.354 e. The Morgan fingerprint density at radius 3 is 2.87 bits per heavy atom. The van der Waals surface area contributed by atoms with Gasteiger partial charge in [0.15, 0.2) is 6.29 Å². The van der Waals surface area contributed by atoms with Crippen molar-refractivity contribution in [2.45, 2.75) is 26.2 Å². The van der Waals surface area contributed by atoms with Gasteiger partial charge in [-0.2, -0.15) is 0 Å². The fourth-order valence-electron chi connectivity index (χ4n) is 1.85. The van der Waals surface area contributed by atoms with Gasteiger partial charge in [0.05, 0.1) is 12.6 Å². The highest BCUT2D eigenvalue weighted by atomic mass is 16.7. The van der Waals surface area contributed by atoms with Gasteiger partial charge in [-0.05, 0) is 11.5 Å². The summed E-state index contributed by atoms with van der Waals surface area (Å²) in [5.74, 6) is 0.458. The molecule has 1 aliphatic heterocycles. The summed E-state index contributed by atoms with van der Waals surface area (Å²) in [6.07, 6.45) is 3.67. The zero-order chi connectivity index (χ0) is 11.3. The zero-order valence-electron chi connectivity index (χ0n) is 9.82. The first-order valence-electron chi connectivity index (χ1n) is 5.41. The lowest BCUT2D eigenvalue weighted by Gasteiger charge is -2.34. The molecule has 2 unspecified atom stereocenters. The highest BCUT2D eigenvalue weighted by Crippen LogP contribution is 2.21. The van der Waals surface area contributed by atoms with Crippen molar-refractivity contribution in [3.8, 4) is 0 Å². The minimum atomic E-state index is -0.188. The molecule has 1 N–H and O–H groups in total. The molecule has 1 heterocycles. The van der Waals surface area contributed by atoms with E-state index in [2.05, 4.69) is 25.7 Å². The van der Waals surface area contributed by atoms with Crippen molar-refractivity contribution < 1.29 is 9.47 Å². The number of methoxy groups -OCH3 is 1. The molecule has 0 aliphatic carbocycles. The average Bonchev–Trinajstić information content (AvgIpc) is 2.25. The Balaban J connectivity index is 2.80. The maximum absolute atomic E-state index is 5.56. The molecular weight excluding hydrogens is 190 g/mol. The summed E-state index contributed by atoms with van der Waals surface area (Å²) in [7, 11) is 1.68. The quantitative estimate of drug-likeness (QED) is 0.718. The first kappa shape index (κ1) is 12.4. The van der Waals surface area contributed by atoms with Crippen LogP contribution >= 0.6 is 0 Å². The van der Waals surface area contributed by atoms with Crippen molar-refractivity contribution in [3.63, 3.8) is 0 Å². The van der Waals surface area contributed by atoms with Crippen molar-refractivity contribution in [1.29, 1.82) is 0 Å².